The van der Waals surface area contributed by atoms with E-state index in [0.717, 1.165) is 0 Å². The van der Waals surface area contributed by atoms with E-state index >= 15 is 0 Å². The van der Waals surface area contributed by atoms with Crippen molar-refractivity contribution in [2.75, 3.05) is 26.0 Å². The summed E-state index contributed by atoms with van der Waals surface area (Å²) in [5, 5.41) is 55.3. The van der Waals surface area contributed by atoms with Gasteiger partial charge in [0.25, 0.3) is 5.91 Å². The number of aromatic hydroxyl groups is 1. The number of primary amides is 1. The maximum absolute atomic E-state index is 13.7. The number of anilines is 1. The molecule has 2 amide bonds. The summed E-state index contributed by atoms with van der Waals surface area (Å²) in [6, 6.07) is 1.77. The highest BCUT2D eigenvalue weighted by Crippen LogP contribution is 2.53. The van der Waals surface area contributed by atoms with Gasteiger partial charge in [-0.05, 0) is 44.5 Å². The van der Waals surface area contributed by atoms with Gasteiger partial charge in [0, 0.05) is 11.5 Å². The summed E-state index contributed by atoms with van der Waals surface area (Å²) in [6.07, 6.45) is 0.113. The number of aliphatic hydroxyl groups excluding tert-OH is 2. The zero-order valence-electron chi connectivity index (χ0n) is 19.4. The third kappa shape index (κ3) is 3.47. The number of amides is 2. The summed E-state index contributed by atoms with van der Waals surface area (Å²) in [6.45, 7) is -0.474. The lowest BCUT2D eigenvalue weighted by Gasteiger charge is -2.50. The number of carbonyl (C=O) groups is 4. The van der Waals surface area contributed by atoms with Crippen LogP contribution in [0.1, 0.15) is 17.5 Å². The van der Waals surface area contributed by atoms with Crippen LogP contribution in [0.4, 0.5) is 5.69 Å². The molecule has 3 unspecified atom stereocenters. The van der Waals surface area contributed by atoms with Gasteiger partial charge in [0.2, 0.25) is 11.7 Å². The van der Waals surface area contributed by atoms with Crippen LogP contribution < -0.4 is 16.5 Å². The maximum atomic E-state index is 13.7. The highest BCUT2D eigenvalue weighted by molar-refractivity contribution is 6.24. The Labute approximate surface area is 204 Å². The number of hydrogen-bond acceptors (Lipinski definition) is 11. The first-order valence-electron chi connectivity index (χ1n) is 11.0. The van der Waals surface area contributed by atoms with Crippen molar-refractivity contribution < 1.29 is 44.8 Å². The Balaban J connectivity index is 1.88. The van der Waals surface area contributed by atoms with Crippen molar-refractivity contribution >= 4 is 34.8 Å². The Hall–Kier alpha value is -3.78. The van der Waals surface area contributed by atoms with Gasteiger partial charge in [-0.15, -0.1) is 0 Å². The molecule has 3 aliphatic carbocycles. The summed E-state index contributed by atoms with van der Waals surface area (Å²) in [7, 11) is 3.04. The lowest BCUT2D eigenvalue weighted by Crippen LogP contribution is -2.65. The van der Waals surface area contributed by atoms with Crippen LogP contribution >= 0.6 is 0 Å². The van der Waals surface area contributed by atoms with Crippen molar-refractivity contribution in [2.45, 2.75) is 24.5 Å². The van der Waals surface area contributed by atoms with E-state index in [0.29, 0.717) is 5.56 Å². The molecular formula is C23H26N4O9. The molecule has 13 heteroatoms. The minimum absolute atomic E-state index is 0.0207. The minimum atomic E-state index is -2.72. The molecule has 1 aromatic rings. The molecule has 3 aliphatic rings. The van der Waals surface area contributed by atoms with Crippen molar-refractivity contribution in [2.24, 2.45) is 17.6 Å². The third-order valence-corrected chi connectivity index (χ3v) is 7.11. The van der Waals surface area contributed by atoms with E-state index in [9.17, 15) is 39.6 Å². The van der Waals surface area contributed by atoms with Gasteiger partial charge in [-0.2, -0.15) is 5.48 Å². The number of aliphatic hydroxyl groups is 3. The van der Waals surface area contributed by atoms with Gasteiger partial charge in [0.15, 0.2) is 11.4 Å². The predicted molar refractivity (Wildman–Crippen MR) is 123 cm³/mol. The van der Waals surface area contributed by atoms with Crippen molar-refractivity contribution in [3.63, 3.8) is 0 Å². The monoisotopic (exact) mass is 502 g/mol. The smallest absolute Gasteiger partial charge is 0.255 e. The van der Waals surface area contributed by atoms with Crippen molar-refractivity contribution in [3.8, 4) is 5.75 Å². The van der Waals surface area contributed by atoms with E-state index in [2.05, 4.69) is 5.32 Å². The summed E-state index contributed by atoms with van der Waals surface area (Å²) in [5.41, 5.74) is 3.24. The van der Waals surface area contributed by atoms with Crippen LogP contribution in [-0.2, 0) is 25.6 Å². The second-order valence-electron chi connectivity index (χ2n) is 9.34. The number of phenolic OH excluding ortho intramolecular Hbond substituents is 1. The van der Waals surface area contributed by atoms with Crippen molar-refractivity contribution in [1.82, 2.24) is 10.4 Å². The highest BCUT2D eigenvalue weighted by atomic mass is 16.5. The number of nitrogens with two attached hydrogens (primary N) is 1. The van der Waals surface area contributed by atoms with Gasteiger partial charge < -0.3 is 36.7 Å². The molecule has 0 aliphatic heterocycles. The topological polar surface area (TPSA) is 223 Å². The molecule has 192 valence electrons. The quantitative estimate of drug-likeness (QED) is 0.137. The summed E-state index contributed by atoms with van der Waals surface area (Å²) in [5.74, 6) is -8.19. The molecule has 0 radical (unpaired) electrons. The Morgan fingerprint density at radius 1 is 1.19 bits per heavy atom. The maximum Gasteiger partial charge on any atom is 0.255 e. The molecule has 4 atom stereocenters. The Bertz CT molecular complexity index is 1270. The van der Waals surface area contributed by atoms with E-state index in [1.807, 2.05) is 0 Å². The third-order valence-electron chi connectivity index (χ3n) is 7.11. The van der Waals surface area contributed by atoms with Crippen LogP contribution in [0, 0.1) is 11.8 Å². The van der Waals surface area contributed by atoms with Crippen LogP contribution in [0.5, 0.6) is 5.75 Å². The van der Waals surface area contributed by atoms with Gasteiger partial charge in [0.05, 0.1) is 17.3 Å². The van der Waals surface area contributed by atoms with Crippen molar-refractivity contribution in [1.29, 1.82) is 0 Å². The number of phenols is 1. The number of benzene rings is 1. The minimum Gasteiger partial charge on any atom is -0.508 e. The molecule has 13 nitrogen and oxygen atoms in total. The zero-order valence-corrected chi connectivity index (χ0v) is 19.4. The van der Waals surface area contributed by atoms with Crippen LogP contribution in [-0.4, -0.2) is 86.2 Å². The fourth-order valence-electron chi connectivity index (χ4n) is 5.59. The first-order chi connectivity index (χ1) is 16.9. The number of hydrogen-bond donors (Lipinski definition) is 8. The SMILES string of the molecule is CN(C)[C@@H]1C(=O)C(C(N)=O)=C(O)C2(O)C(=O)C3=C(O)c4c(ccc(NC(=O)CNO)c4O)CC3CC12. The lowest BCUT2D eigenvalue weighted by molar-refractivity contribution is -0.153. The molecule has 9 N–H and O–H groups in total. The number of Topliss-reactive ketones (excluding diaryl/α,β-unsaturated/α-hetero) is 2. The van der Waals surface area contributed by atoms with Gasteiger partial charge in [-0.1, -0.05) is 6.07 Å². The number of fused-ring (bicyclic) bond motifs is 3. The molecule has 0 spiro atoms. The number of nitrogens with one attached hydrogen (secondary N) is 2. The second-order valence-corrected chi connectivity index (χ2v) is 9.34. The van der Waals surface area contributed by atoms with E-state index in [-0.39, 0.29) is 29.7 Å². The molecule has 0 aromatic heterocycles. The number of likely N-dealkylation sites (N-methyl/N-ethyl adjacent to an activating group) is 1. The second kappa shape index (κ2) is 8.71. The van der Waals surface area contributed by atoms with E-state index < -0.39 is 76.2 Å². The normalized spacial score (nSPS) is 27.5. The standard InChI is InChI=1S/C23H26N4O9/c1-27(2)16-10-6-9-5-8-3-4-11(26-12(28)7-25-36)17(29)13(8)18(30)14(9)20(32)23(10,35)21(33)15(19(16)31)22(24)34/h3-4,9-10,16,25,29-30,33,35-36H,5-7H2,1-2H3,(H2,24,34)(H,26,28)/t9?,10?,16-,23?/m0/s1. The first kappa shape index (κ1) is 25.3. The molecule has 0 bridgehead atoms. The van der Waals surface area contributed by atoms with Gasteiger partial charge in [-0.3, -0.25) is 24.1 Å². The molecule has 0 heterocycles. The molecule has 1 saturated carbocycles. The van der Waals surface area contributed by atoms with Gasteiger partial charge in [0.1, 0.15) is 29.4 Å². The largest absolute Gasteiger partial charge is 0.508 e. The number of hydroxylamine groups is 1. The molecule has 1 fully saturated rings. The van der Waals surface area contributed by atoms with Crippen LogP contribution in [0.3, 0.4) is 0 Å². The summed E-state index contributed by atoms with van der Waals surface area (Å²) < 4.78 is 0. The lowest BCUT2D eigenvalue weighted by atomic mass is 9.57. The Morgan fingerprint density at radius 2 is 1.86 bits per heavy atom. The number of nitrogens with zero attached hydrogens (tertiary/aromatic N) is 1. The van der Waals surface area contributed by atoms with Crippen LogP contribution in [0.25, 0.3) is 5.76 Å². The fraction of sp³-hybridized carbons (Fsp3) is 0.391. The molecule has 36 heavy (non-hydrogen) atoms. The van der Waals surface area contributed by atoms with Crippen LogP contribution in [0.2, 0.25) is 0 Å². The van der Waals surface area contributed by atoms with Gasteiger partial charge >= 0.3 is 0 Å². The number of ketones is 2. The van der Waals surface area contributed by atoms with Gasteiger partial charge in [-0.25, -0.2) is 0 Å². The first-order valence-corrected chi connectivity index (χ1v) is 11.0. The summed E-state index contributed by atoms with van der Waals surface area (Å²) in [4.78, 5) is 52.0. The van der Waals surface area contributed by atoms with E-state index in [1.54, 1.807) is 5.48 Å². The Kier molecular flexibility index (Phi) is 6.12. The average Bonchev–Trinajstić information content (AvgIpc) is 2.78. The summed E-state index contributed by atoms with van der Waals surface area (Å²) >= 11 is 0. The average molecular weight is 502 g/mol. The number of carbonyl (C=O) groups excluding carboxylic acids is 4. The fourth-order valence-corrected chi connectivity index (χ4v) is 5.59. The van der Waals surface area contributed by atoms with E-state index in [4.69, 9.17) is 10.9 Å². The molecule has 1 aromatic carbocycles. The Morgan fingerprint density at radius 3 is 2.44 bits per heavy atom. The molecule has 4 rings (SSSR count). The predicted octanol–water partition coefficient (Wildman–Crippen LogP) is -1.12. The molecular weight excluding hydrogens is 476 g/mol. The highest BCUT2D eigenvalue weighted by Gasteiger charge is 2.64. The van der Waals surface area contributed by atoms with Crippen LogP contribution in [0.15, 0.2) is 29.0 Å². The molecule has 0 saturated heterocycles. The zero-order chi connectivity index (χ0) is 26.7. The number of rotatable bonds is 5. The van der Waals surface area contributed by atoms with E-state index in [1.165, 1.54) is 31.1 Å². The van der Waals surface area contributed by atoms with Crippen molar-refractivity contribution in [3.05, 3.63) is 40.2 Å².